The molecule has 1 heterocycles. The molecule has 19 heavy (non-hydrogen) atoms. The Morgan fingerprint density at radius 1 is 1.42 bits per heavy atom. The number of hydrogen-bond acceptors (Lipinski definition) is 3. The predicted molar refractivity (Wildman–Crippen MR) is 71.8 cm³/mol. The quantitative estimate of drug-likeness (QED) is 0.857. The Morgan fingerprint density at radius 3 is 2.79 bits per heavy atom. The van der Waals surface area contributed by atoms with Crippen LogP contribution in [0.25, 0.3) is 0 Å². The minimum absolute atomic E-state index is 0.0193. The van der Waals surface area contributed by atoms with Gasteiger partial charge in [0.05, 0.1) is 5.54 Å². The minimum Gasteiger partial charge on any atom is -0.353 e. The van der Waals surface area contributed by atoms with Gasteiger partial charge in [0, 0.05) is 37.3 Å². The van der Waals surface area contributed by atoms with E-state index in [9.17, 15) is 9.18 Å². The molecule has 0 bridgehead atoms. The second-order valence-corrected chi connectivity index (χ2v) is 5.33. The lowest BCUT2D eigenvalue weighted by molar-refractivity contribution is -0.135. The van der Waals surface area contributed by atoms with Crippen LogP contribution in [0.5, 0.6) is 0 Å². The third-order valence-electron chi connectivity index (χ3n) is 3.75. The van der Waals surface area contributed by atoms with Gasteiger partial charge in [-0.25, -0.2) is 4.39 Å². The first-order valence-corrected chi connectivity index (χ1v) is 6.46. The monoisotopic (exact) mass is 265 g/mol. The van der Waals surface area contributed by atoms with E-state index in [1.54, 1.807) is 18.2 Å². The van der Waals surface area contributed by atoms with Crippen molar-refractivity contribution in [1.82, 2.24) is 10.2 Å². The van der Waals surface area contributed by atoms with Gasteiger partial charge in [0.25, 0.3) is 0 Å². The molecule has 1 aliphatic heterocycles. The zero-order chi connectivity index (χ0) is 14.0. The molecule has 0 saturated carbocycles. The molecular formula is C14H20FN3O. The van der Waals surface area contributed by atoms with Gasteiger partial charge in [-0.15, -0.1) is 0 Å². The first kappa shape index (κ1) is 14.0. The first-order valence-electron chi connectivity index (χ1n) is 6.46. The van der Waals surface area contributed by atoms with E-state index in [1.165, 1.54) is 0 Å². The number of piperazine rings is 1. The topological polar surface area (TPSA) is 58.4 Å². The molecular weight excluding hydrogens is 245 g/mol. The van der Waals surface area contributed by atoms with Gasteiger partial charge in [-0.1, -0.05) is 18.2 Å². The lowest BCUT2D eigenvalue weighted by Crippen LogP contribution is -2.61. The molecule has 1 saturated heterocycles. The highest BCUT2D eigenvalue weighted by Gasteiger charge is 2.37. The summed E-state index contributed by atoms with van der Waals surface area (Å²) in [6.07, 6.45) is 0. The van der Waals surface area contributed by atoms with Gasteiger partial charge in [0.15, 0.2) is 0 Å². The average molecular weight is 265 g/mol. The Kier molecular flexibility index (Phi) is 3.87. The molecule has 0 spiro atoms. The summed E-state index contributed by atoms with van der Waals surface area (Å²) < 4.78 is 14.2. The maximum absolute atomic E-state index is 14.2. The van der Waals surface area contributed by atoms with Crippen LogP contribution in [0.1, 0.15) is 25.0 Å². The summed E-state index contributed by atoms with van der Waals surface area (Å²) in [6.45, 7) is 5.62. The maximum Gasteiger partial charge on any atom is 0.240 e. The molecule has 4 nitrogen and oxygen atoms in total. The molecule has 0 unspecified atom stereocenters. The lowest BCUT2D eigenvalue weighted by Gasteiger charge is -2.41. The van der Waals surface area contributed by atoms with Gasteiger partial charge < -0.3 is 11.1 Å². The number of halogens is 1. The van der Waals surface area contributed by atoms with Crippen molar-refractivity contribution in [1.29, 1.82) is 0 Å². The Labute approximate surface area is 112 Å². The summed E-state index contributed by atoms with van der Waals surface area (Å²) >= 11 is 0. The van der Waals surface area contributed by atoms with Crippen LogP contribution in [-0.4, -0.2) is 29.4 Å². The minimum atomic E-state index is -0.622. The molecule has 0 atom stereocenters. The number of rotatable bonds is 3. The molecule has 1 aliphatic rings. The lowest BCUT2D eigenvalue weighted by atomic mass is 9.97. The van der Waals surface area contributed by atoms with Gasteiger partial charge in [-0.2, -0.15) is 0 Å². The highest BCUT2D eigenvalue weighted by molar-refractivity contribution is 5.86. The van der Waals surface area contributed by atoms with E-state index in [4.69, 9.17) is 5.73 Å². The van der Waals surface area contributed by atoms with Crippen molar-refractivity contribution in [2.75, 3.05) is 13.1 Å². The van der Waals surface area contributed by atoms with Crippen LogP contribution in [0, 0.1) is 5.82 Å². The van der Waals surface area contributed by atoms with Crippen molar-refractivity contribution < 1.29 is 9.18 Å². The van der Waals surface area contributed by atoms with E-state index in [0.29, 0.717) is 30.8 Å². The molecule has 1 fully saturated rings. The molecule has 0 aromatic heterocycles. The summed E-state index contributed by atoms with van der Waals surface area (Å²) in [5.74, 6) is -0.277. The van der Waals surface area contributed by atoms with E-state index in [0.717, 1.165) is 0 Å². The smallest absolute Gasteiger partial charge is 0.240 e. The van der Waals surface area contributed by atoms with E-state index in [-0.39, 0.29) is 18.3 Å². The largest absolute Gasteiger partial charge is 0.353 e. The summed E-state index contributed by atoms with van der Waals surface area (Å²) in [5.41, 5.74) is 5.99. The van der Waals surface area contributed by atoms with Crippen molar-refractivity contribution in [2.24, 2.45) is 5.73 Å². The van der Waals surface area contributed by atoms with Crippen molar-refractivity contribution in [3.63, 3.8) is 0 Å². The van der Waals surface area contributed by atoms with Crippen LogP contribution in [0.3, 0.4) is 0 Å². The Bertz CT molecular complexity index is 488. The number of carbonyl (C=O) groups excluding carboxylic acids is 1. The third kappa shape index (κ3) is 2.62. The third-order valence-corrected chi connectivity index (χ3v) is 3.75. The van der Waals surface area contributed by atoms with Crippen molar-refractivity contribution >= 4 is 5.91 Å². The predicted octanol–water partition coefficient (Wildman–Crippen LogP) is 0.995. The Balaban J connectivity index is 2.23. The van der Waals surface area contributed by atoms with Crippen LogP contribution in [0.2, 0.25) is 0 Å². The van der Waals surface area contributed by atoms with Crippen LogP contribution in [-0.2, 0) is 17.9 Å². The summed E-state index contributed by atoms with van der Waals surface area (Å²) in [7, 11) is 0. The van der Waals surface area contributed by atoms with Crippen molar-refractivity contribution in [3.05, 3.63) is 35.1 Å². The Morgan fingerprint density at radius 2 is 2.11 bits per heavy atom. The molecule has 1 aromatic carbocycles. The van der Waals surface area contributed by atoms with Crippen LogP contribution in [0.4, 0.5) is 4.39 Å². The highest BCUT2D eigenvalue weighted by Crippen LogP contribution is 2.22. The van der Waals surface area contributed by atoms with Crippen LogP contribution in [0.15, 0.2) is 18.2 Å². The zero-order valence-electron chi connectivity index (χ0n) is 11.4. The second-order valence-electron chi connectivity index (χ2n) is 5.33. The number of nitrogens with two attached hydrogens (primary N) is 1. The van der Waals surface area contributed by atoms with E-state index < -0.39 is 5.54 Å². The Hall–Kier alpha value is -1.46. The zero-order valence-corrected chi connectivity index (χ0v) is 11.4. The molecule has 2 rings (SSSR count). The van der Waals surface area contributed by atoms with Gasteiger partial charge >= 0.3 is 0 Å². The van der Waals surface area contributed by atoms with Crippen molar-refractivity contribution in [3.8, 4) is 0 Å². The molecule has 5 heteroatoms. The van der Waals surface area contributed by atoms with Crippen LogP contribution < -0.4 is 11.1 Å². The summed E-state index contributed by atoms with van der Waals surface area (Å²) in [5, 5.41) is 2.83. The number of amides is 1. The average Bonchev–Trinajstić information content (AvgIpc) is 2.37. The van der Waals surface area contributed by atoms with E-state index in [1.807, 2.05) is 18.7 Å². The van der Waals surface area contributed by atoms with Gasteiger partial charge in [0.1, 0.15) is 5.82 Å². The molecule has 104 valence electrons. The standard InChI is InChI=1S/C14H20FN3O/c1-14(2)13(19)17-6-7-18(14)9-11-5-3-4-10(8-16)12(11)15/h3-5H,6-9,16H2,1-2H3,(H,17,19). The first-order chi connectivity index (χ1) is 8.96. The van der Waals surface area contributed by atoms with Crippen LogP contribution >= 0.6 is 0 Å². The van der Waals surface area contributed by atoms with E-state index in [2.05, 4.69) is 5.32 Å². The molecule has 3 N–H and O–H groups in total. The maximum atomic E-state index is 14.2. The second kappa shape index (κ2) is 5.27. The fourth-order valence-corrected chi connectivity index (χ4v) is 2.34. The van der Waals surface area contributed by atoms with Crippen molar-refractivity contribution in [2.45, 2.75) is 32.5 Å². The molecule has 1 aromatic rings. The highest BCUT2D eigenvalue weighted by atomic mass is 19.1. The molecule has 0 aliphatic carbocycles. The number of carbonyl (C=O) groups is 1. The van der Waals surface area contributed by atoms with Gasteiger partial charge in [0.2, 0.25) is 5.91 Å². The number of nitrogens with zero attached hydrogens (tertiary/aromatic N) is 1. The number of nitrogens with one attached hydrogen (secondary N) is 1. The number of benzene rings is 1. The van der Waals surface area contributed by atoms with Gasteiger partial charge in [-0.3, -0.25) is 9.69 Å². The fraction of sp³-hybridized carbons (Fsp3) is 0.500. The summed E-state index contributed by atoms with van der Waals surface area (Å²) in [4.78, 5) is 13.8. The van der Waals surface area contributed by atoms with E-state index >= 15 is 0 Å². The normalized spacial score (nSPS) is 19.3. The molecule has 0 radical (unpaired) electrons. The number of hydrogen-bond donors (Lipinski definition) is 2. The fourth-order valence-electron chi connectivity index (χ4n) is 2.34. The summed E-state index contributed by atoms with van der Waals surface area (Å²) in [6, 6.07) is 5.24. The molecule has 1 amide bonds. The van der Waals surface area contributed by atoms with Gasteiger partial charge in [-0.05, 0) is 13.8 Å². The SMILES string of the molecule is CC1(C)C(=O)NCCN1Cc1cccc(CN)c1F.